The highest BCUT2D eigenvalue weighted by molar-refractivity contribution is 6.11. The summed E-state index contributed by atoms with van der Waals surface area (Å²) in [6.45, 7) is 4.66. The van der Waals surface area contributed by atoms with Crippen LogP contribution in [-0.2, 0) is 20.9 Å². The molecular formula is C30H33F4N5O3. The average molecular weight is 588 g/mol. The molecular weight excluding hydrogens is 554 g/mol. The van der Waals surface area contributed by atoms with Crippen molar-refractivity contribution in [2.24, 2.45) is 10.9 Å². The highest BCUT2D eigenvalue weighted by atomic mass is 19.4. The van der Waals surface area contributed by atoms with Gasteiger partial charge in [0.05, 0.1) is 30.2 Å². The molecule has 3 aliphatic heterocycles. The fourth-order valence-corrected chi connectivity index (χ4v) is 5.55. The molecule has 2 aromatic rings. The maximum Gasteiger partial charge on any atom is 0.414 e. The van der Waals surface area contributed by atoms with Gasteiger partial charge in [0, 0.05) is 56.6 Å². The Morgan fingerprint density at radius 2 is 1.90 bits per heavy atom. The van der Waals surface area contributed by atoms with Crippen LogP contribution in [0.25, 0.3) is 11.1 Å². The zero-order valence-electron chi connectivity index (χ0n) is 23.5. The Hall–Kier alpha value is -3.61. The van der Waals surface area contributed by atoms with Crippen LogP contribution >= 0.6 is 0 Å². The number of amides is 2. The van der Waals surface area contributed by atoms with Crippen molar-refractivity contribution in [3.63, 3.8) is 0 Å². The molecule has 2 atom stereocenters. The minimum absolute atomic E-state index is 0.182. The molecule has 2 fully saturated rings. The van der Waals surface area contributed by atoms with E-state index in [2.05, 4.69) is 20.1 Å². The Kier molecular flexibility index (Phi) is 8.76. The van der Waals surface area contributed by atoms with Crippen molar-refractivity contribution in [3.05, 3.63) is 59.4 Å². The first kappa shape index (κ1) is 29.9. The molecule has 0 bridgehead atoms. The third-order valence-electron chi connectivity index (χ3n) is 7.90. The predicted molar refractivity (Wildman–Crippen MR) is 152 cm³/mol. The minimum atomic E-state index is -4.91. The lowest BCUT2D eigenvalue weighted by Crippen LogP contribution is -2.35. The number of carbonyl (C=O) groups excluding carboxylic acids is 2. The largest absolute Gasteiger partial charge is 0.414 e. The van der Waals surface area contributed by atoms with Gasteiger partial charge in [-0.15, -0.1) is 0 Å². The maximum absolute atomic E-state index is 15.8. The summed E-state index contributed by atoms with van der Waals surface area (Å²) >= 11 is 0. The van der Waals surface area contributed by atoms with E-state index in [0.717, 1.165) is 25.1 Å². The molecule has 2 unspecified atom stereocenters. The van der Waals surface area contributed by atoms with Crippen molar-refractivity contribution in [3.8, 4) is 11.1 Å². The van der Waals surface area contributed by atoms with Gasteiger partial charge < -0.3 is 19.9 Å². The zero-order chi connectivity index (χ0) is 30.0. The highest BCUT2D eigenvalue weighted by Crippen LogP contribution is 2.38. The normalized spacial score (nSPS) is 21.6. The van der Waals surface area contributed by atoms with E-state index in [1.165, 1.54) is 12.1 Å². The van der Waals surface area contributed by atoms with Crippen LogP contribution in [0.1, 0.15) is 12.0 Å². The number of aliphatic imine (C=N–C) groups is 1. The van der Waals surface area contributed by atoms with E-state index in [-0.39, 0.29) is 17.3 Å². The third kappa shape index (κ3) is 6.71. The molecule has 1 N–H and O–H groups in total. The van der Waals surface area contributed by atoms with Crippen molar-refractivity contribution >= 4 is 29.4 Å². The minimum Gasteiger partial charge on any atom is -0.379 e. The van der Waals surface area contributed by atoms with Gasteiger partial charge in [0.25, 0.3) is 5.91 Å². The van der Waals surface area contributed by atoms with Gasteiger partial charge in [-0.3, -0.25) is 14.5 Å². The van der Waals surface area contributed by atoms with Crippen molar-refractivity contribution in [2.45, 2.75) is 25.2 Å². The Balaban J connectivity index is 1.49. The number of halogens is 4. The molecule has 0 aromatic heterocycles. The number of nitrogens with one attached hydrogen (secondary N) is 1. The second-order valence-electron chi connectivity index (χ2n) is 11.0. The summed E-state index contributed by atoms with van der Waals surface area (Å²) in [5.41, 5.74) is 1.02. The van der Waals surface area contributed by atoms with E-state index in [1.807, 2.05) is 37.2 Å². The molecule has 0 spiro atoms. The van der Waals surface area contributed by atoms with Crippen molar-refractivity contribution in [1.29, 1.82) is 0 Å². The van der Waals surface area contributed by atoms with Gasteiger partial charge in [0.1, 0.15) is 11.7 Å². The molecule has 0 saturated carbocycles. The van der Waals surface area contributed by atoms with Crippen LogP contribution in [0.2, 0.25) is 0 Å². The lowest BCUT2D eigenvalue weighted by molar-refractivity contribution is -0.124. The molecule has 8 nitrogen and oxygen atoms in total. The number of nitrogens with zero attached hydrogens (tertiary/aromatic N) is 4. The number of anilines is 2. The number of hydrogen-bond acceptors (Lipinski definition) is 6. The SMILES string of the molecule is CN(C)C1CCN(c2cc(F)c(-c3cccc(CN4CCOCC4)c3)cc2NC(=O)C2C=NC(=O)C=C2C(F)(F)F)C1. The van der Waals surface area contributed by atoms with Crippen LogP contribution < -0.4 is 10.2 Å². The van der Waals surface area contributed by atoms with E-state index in [9.17, 15) is 22.8 Å². The smallest absolute Gasteiger partial charge is 0.379 e. The van der Waals surface area contributed by atoms with Gasteiger partial charge >= 0.3 is 6.18 Å². The summed E-state index contributed by atoms with van der Waals surface area (Å²) in [5, 5.41) is 2.61. The third-order valence-corrected chi connectivity index (χ3v) is 7.90. The summed E-state index contributed by atoms with van der Waals surface area (Å²) in [5.74, 6) is -4.44. The Morgan fingerprint density at radius 3 is 2.60 bits per heavy atom. The number of carbonyl (C=O) groups is 2. The molecule has 3 heterocycles. The van der Waals surface area contributed by atoms with E-state index in [0.29, 0.717) is 56.4 Å². The van der Waals surface area contributed by atoms with E-state index in [1.54, 1.807) is 6.07 Å². The summed E-state index contributed by atoms with van der Waals surface area (Å²) in [6, 6.07) is 10.4. The molecule has 0 aliphatic carbocycles. The fourth-order valence-electron chi connectivity index (χ4n) is 5.55. The predicted octanol–water partition coefficient (Wildman–Crippen LogP) is 4.12. The van der Waals surface area contributed by atoms with Crippen molar-refractivity contribution < 1.29 is 31.9 Å². The second kappa shape index (κ2) is 12.3. The fraction of sp³-hybridized carbons (Fsp3) is 0.433. The van der Waals surface area contributed by atoms with Gasteiger partial charge in [-0.2, -0.15) is 13.2 Å². The Bertz CT molecular complexity index is 1400. The lowest BCUT2D eigenvalue weighted by Gasteiger charge is -2.27. The lowest BCUT2D eigenvalue weighted by atomic mass is 9.95. The average Bonchev–Trinajstić information content (AvgIpc) is 3.45. The van der Waals surface area contributed by atoms with Crippen molar-refractivity contribution in [2.75, 3.05) is 63.7 Å². The topological polar surface area (TPSA) is 77.5 Å². The van der Waals surface area contributed by atoms with E-state index >= 15 is 4.39 Å². The van der Waals surface area contributed by atoms with E-state index in [4.69, 9.17) is 4.74 Å². The number of hydrogen-bond donors (Lipinski definition) is 1. The van der Waals surface area contributed by atoms with Gasteiger partial charge in [-0.1, -0.05) is 18.2 Å². The number of ether oxygens (including phenoxy) is 1. The molecule has 2 saturated heterocycles. The number of dihydropyridines is 1. The summed E-state index contributed by atoms with van der Waals surface area (Å²) in [7, 11) is 3.89. The number of likely N-dealkylation sites (N-methyl/N-ethyl adjacent to an activating group) is 1. The first-order valence-electron chi connectivity index (χ1n) is 13.8. The summed E-state index contributed by atoms with van der Waals surface area (Å²) < 4.78 is 62.3. The van der Waals surface area contributed by atoms with Crippen LogP contribution in [0.15, 0.2) is 53.0 Å². The molecule has 2 aromatic carbocycles. The highest BCUT2D eigenvalue weighted by Gasteiger charge is 2.43. The molecule has 224 valence electrons. The van der Waals surface area contributed by atoms with Gasteiger partial charge in [0.15, 0.2) is 0 Å². The van der Waals surface area contributed by atoms with Crippen molar-refractivity contribution in [1.82, 2.24) is 9.80 Å². The monoisotopic (exact) mass is 587 g/mol. The number of rotatable bonds is 7. The quantitative estimate of drug-likeness (QED) is 0.492. The van der Waals surface area contributed by atoms with Gasteiger partial charge in [0.2, 0.25) is 5.91 Å². The molecule has 2 amide bonds. The Labute approximate surface area is 241 Å². The van der Waals surface area contributed by atoms with E-state index < -0.39 is 35.3 Å². The molecule has 12 heteroatoms. The van der Waals surface area contributed by atoms with Crippen LogP contribution in [0.5, 0.6) is 0 Å². The molecule has 0 radical (unpaired) electrons. The Morgan fingerprint density at radius 1 is 1.14 bits per heavy atom. The van der Waals surface area contributed by atoms with Gasteiger partial charge in [-0.25, -0.2) is 9.38 Å². The summed E-state index contributed by atoms with van der Waals surface area (Å²) in [6.07, 6.45) is -3.07. The molecule has 3 aliphatic rings. The number of benzene rings is 2. The van der Waals surface area contributed by atoms with Crippen LogP contribution in [0.4, 0.5) is 28.9 Å². The number of morpholine rings is 1. The van der Waals surface area contributed by atoms with Gasteiger partial charge in [-0.05, 0) is 49.8 Å². The molecule has 5 rings (SSSR count). The standard InChI is InChI=1S/C30H33F4N5O3/c1-37(2)21-6-7-39(18-21)27-15-25(31)22(20-5-3-4-19(12-20)17-38-8-10-42-11-9-38)13-26(27)36-29(41)23-16-35-28(40)14-24(23)30(32,33)34/h3-5,12-16,21,23H,6-11,17-18H2,1-2H3,(H,36,41). The first-order chi connectivity index (χ1) is 20.0. The summed E-state index contributed by atoms with van der Waals surface area (Å²) in [4.78, 5) is 34.5. The second-order valence-corrected chi connectivity index (χ2v) is 11.0. The maximum atomic E-state index is 15.8. The number of alkyl halides is 3. The van der Waals surface area contributed by atoms with Crippen LogP contribution in [0, 0.1) is 11.7 Å². The zero-order valence-corrected chi connectivity index (χ0v) is 23.5. The van der Waals surface area contributed by atoms with Crippen LogP contribution in [0.3, 0.4) is 0 Å². The molecule has 42 heavy (non-hydrogen) atoms. The van der Waals surface area contributed by atoms with Crippen LogP contribution in [-0.4, -0.2) is 93.5 Å². The first-order valence-corrected chi connectivity index (χ1v) is 13.8.